The Morgan fingerprint density at radius 2 is 1.82 bits per heavy atom. The average Bonchev–Trinajstić information content (AvgIpc) is 3.39. The van der Waals surface area contributed by atoms with E-state index >= 15 is 0 Å². The van der Waals surface area contributed by atoms with Crippen molar-refractivity contribution in [2.45, 2.75) is 25.5 Å². The number of thioether (sulfide) groups is 1. The number of anilines is 1. The molecule has 0 atom stereocenters. The fourth-order valence-corrected chi connectivity index (χ4v) is 4.76. The Balaban J connectivity index is 1.28. The summed E-state index contributed by atoms with van der Waals surface area (Å²) >= 11 is 5.21. The predicted octanol–water partition coefficient (Wildman–Crippen LogP) is 5.03. The average molecular weight is 598 g/mol. The van der Waals surface area contributed by atoms with Crippen molar-refractivity contribution in [1.29, 1.82) is 0 Å². The minimum absolute atomic E-state index is 0.127. The number of rotatable bonds is 13. The normalized spacial score (nSPS) is 10.8. The minimum Gasteiger partial charge on any atom is -0.490 e. The van der Waals surface area contributed by atoms with E-state index in [1.165, 1.54) is 0 Å². The first-order valence-electron chi connectivity index (χ1n) is 12.2. The highest BCUT2D eigenvalue weighted by atomic mass is 79.9. The van der Waals surface area contributed by atoms with Crippen molar-refractivity contribution >= 4 is 39.3 Å². The molecule has 0 bridgehead atoms. The van der Waals surface area contributed by atoms with Gasteiger partial charge < -0.3 is 20.1 Å². The summed E-state index contributed by atoms with van der Waals surface area (Å²) in [6.07, 6.45) is 0. The SMILES string of the molecule is CCOc1cc(CNCCSc2nnnn2-c2ccccc2)c(Br)cc1OCC(=O)Nc1ccc(C)cc1. The molecule has 4 rings (SSSR count). The molecule has 2 N–H and O–H groups in total. The van der Waals surface area contributed by atoms with Crippen LogP contribution in [0.1, 0.15) is 18.1 Å². The molecule has 0 saturated carbocycles. The standard InChI is InChI=1S/C27H29BrN6O3S/c1-3-36-24-15-20(17-29-13-14-38-27-31-32-33-34(27)22-7-5-4-6-8-22)23(28)16-25(24)37-18-26(35)30-21-11-9-19(2)10-12-21/h4-12,15-16,29H,3,13-14,17-18H2,1-2H3,(H,30,35). The van der Waals surface area contributed by atoms with Crippen molar-refractivity contribution in [1.82, 2.24) is 25.5 Å². The van der Waals surface area contributed by atoms with Gasteiger partial charge in [0.1, 0.15) is 0 Å². The van der Waals surface area contributed by atoms with Gasteiger partial charge in [-0.3, -0.25) is 4.79 Å². The molecule has 0 saturated heterocycles. The highest BCUT2D eigenvalue weighted by Crippen LogP contribution is 2.34. The number of carbonyl (C=O) groups excluding carboxylic acids is 1. The van der Waals surface area contributed by atoms with Crippen LogP contribution >= 0.6 is 27.7 Å². The second-order valence-electron chi connectivity index (χ2n) is 8.26. The monoisotopic (exact) mass is 596 g/mol. The molecule has 0 unspecified atom stereocenters. The maximum absolute atomic E-state index is 12.4. The van der Waals surface area contributed by atoms with E-state index in [-0.39, 0.29) is 12.5 Å². The molecule has 0 spiro atoms. The van der Waals surface area contributed by atoms with E-state index in [4.69, 9.17) is 9.47 Å². The van der Waals surface area contributed by atoms with Gasteiger partial charge in [0, 0.05) is 29.0 Å². The highest BCUT2D eigenvalue weighted by Gasteiger charge is 2.13. The molecule has 0 radical (unpaired) electrons. The molecule has 38 heavy (non-hydrogen) atoms. The van der Waals surface area contributed by atoms with Crippen LogP contribution in [0.4, 0.5) is 5.69 Å². The Kier molecular flexibility index (Phi) is 10.1. The van der Waals surface area contributed by atoms with Crippen LogP contribution in [0.15, 0.2) is 76.4 Å². The van der Waals surface area contributed by atoms with Crippen LogP contribution in [-0.4, -0.2) is 51.6 Å². The topological polar surface area (TPSA) is 103 Å². The minimum atomic E-state index is -0.242. The largest absolute Gasteiger partial charge is 0.490 e. The molecular formula is C27H29BrN6O3S. The number of hydrogen-bond acceptors (Lipinski definition) is 8. The van der Waals surface area contributed by atoms with E-state index in [9.17, 15) is 4.79 Å². The molecule has 1 amide bonds. The van der Waals surface area contributed by atoms with Crippen molar-refractivity contribution in [3.05, 3.63) is 82.3 Å². The third-order valence-electron chi connectivity index (χ3n) is 5.37. The lowest BCUT2D eigenvalue weighted by molar-refractivity contribution is -0.118. The fourth-order valence-electron chi connectivity index (χ4n) is 3.51. The van der Waals surface area contributed by atoms with E-state index in [2.05, 4.69) is 42.1 Å². The Labute approximate surface area is 234 Å². The summed E-state index contributed by atoms with van der Waals surface area (Å²) in [5.74, 6) is 1.64. The first kappa shape index (κ1) is 27.6. The van der Waals surface area contributed by atoms with E-state index in [1.54, 1.807) is 16.4 Å². The summed E-state index contributed by atoms with van der Waals surface area (Å²) in [6, 6.07) is 21.2. The molecule has 0 aliphatic heterocycles. The zero-order chi connectivity index (χ0) is 26.7. The lowest BCUT2D eigenvalue weighted by Crippen LogP contribution is -2.20. The van der Waals surface area contributed by atoms with Gasteiger partial charge in [-0.05, 0) is 66.2 Å². The summed E-state index contributed by atoms with van der Waals surface area (Å²) in [5, 5.41) is 19.0. The van der Waals surface area contributed by atoms with Gasteiger partial charge in [-0.1, -0.05) is 63.6 Å². The van der Waals surface area contributed by atoms with Gasteiger partial charge in [-0.25, -0.2) is 0 Å². The van der Waals surface area contributed by atoms with Gasteiger partial charge >= 0.3 is 0 Å². The third-order valence-corrected chi connectivity index (χ3v) is 7.03. The number of nitrogens with one attached hydrogen (secondary N) is 2. The van der Waals surface area contributed by atoms with E-state index < -0.39 is 0 Å². The number of halogens is 1. The number of tetrazole rings is 1. The van der Waals surface area contributed by atoms with Crippen LogP contribution in [0.3, 0.4) is 0 Å². The molecule has 0 aliphatic rings. The number of para-hydroxylation sites is 1. The molecule has 0 aliphatic carbocycles. The second kappa shape index (κ2) is 13.9. The van der Waals surface area contributed by atoms with Crippen molar-refractivity contribution in [2.75, 3.05) is 30.8 Å². The summed E-state index contributed by atoms with van der Waals surface area (Å²) in [5.41, 5.74) is 3.80. The number of benzene rings is 3. The van der Waals surface area contributed by atoms with E-state index in [1.807, 2.05) is 80.6 Å². The van der Waals surface area contributed by atoms with Gasteiger partial charge in [0.2, 0.25) is 5.16 Å². The number of ether oxygens (including phenoxy) is 2. The first-order valence-corrected chi connectivity index (χ1v) is 13.9. The van der Waals surface area contributed by atoms with Crippen molar-refractivity contribution < 1.29 is 14.3 Å². The zero-order valence-corrected chi connectivity index (χ0v) is 23.6. The van der Waals surface area contributed by atoms with Crippen molar-refractivity contribution in [3.8, 4) is 17.2 Å². The van der Waals surface area contributed by atoms with Crippen LogP contribution < -0.4 is 20.1 Å². The number of nitrogens with zero attached hydrogens (tertiary/aromatic N) is 4. The number of aromatic nitrogens is 4. The van der Waals surface area contributed by atoms with E-state index in [0.29, 0.717) is 24.7 Å². The van der Waals surface area contributed by atoms with Crippen LogP contribution in [-0.2, 0) is 11.3 Å². The number of aryl methyl sites for hydroxylation is 1. The summed E-state index contributed by atoms with van der Waals surface area (Å²) in [4.78, 5) is 12.4. The Hall–Kier alpha value is -3.41. The van der Waals surface area contributed by atoms with Crippen molar-refractivity contribution in [2.24, 2.45) is 0 Å². The molecule has 1 aromatic heterocycles. The van der Waals surface area contributed by atoms with Crippen LogP contribution in [0, 0.1) is 6.92 Å². The number of hydrogen-bond donors (Lipinski definition) is 2. The van der Waals surface area contributed by atoms with Gasteiger partial charge in [0.25, 0.3) is 5.91 Å². The van der Waals surface area contributed by atoms with Gasteiger partial charge in [0.15, 0.2) is 18.1 Å². The summed E-state index contributed by atoms with van der Waals surface area (Å²) in [6.45, 7) is 5.64. The Morgan fingerprint density at radius 3 is 2.58 bits per heavy atom. The van der Waals surface area contributed by atoms with Crippen molar-refractivity contribution in [3.63, 3.8) is 0 Å². The Morgan fingerprint density at radius 1 is 1.05 bits per heavy atom. The van der Waals surface area contributed by atoms with Crippen LogP contribution in [0.25, 0.3) is 5.69 Å². The molecule has 4 aromatic rings. The first-order chi connectivity index (χ1) is 18.5. The van der Waals surface area contributed by atoms with Gasteiger partial charge in [0.05, 0.1) is 12.3 Å². The highest BCUT2D eigenvalue weighted by molar-refractivity contribution is 9.10. The van der Waals surface area contributed by atoms with Gasteiger partial charge in [-0.2, -0.15) is 4.68 Å². The maximum Gasteiger partial charge on any atom is 0.262 e. The second-order valence-corrected chi connectivity index (χ2v) is 10.2. The van der Waals surface area contributed by atoms with Gasteiger partial charge in [-0.15, -0.1) is 5.10 Å². The predicted molar refractivity (Wildman–Crippen MR) is 152 cm³/mol. The quantitative estimate of drug-likeness (QED) is 0.164. The fraction of sp³-hybridized carbons (Fsp3) is 0.259. The maximum atomic E-state index is 12.4. The van der Waals surface area contributed by atoms with Crippen LogP contribution in [0.2, 0.25) is 0 Å². The molecule has 0 fully saturated rings. The smallest absolute Gasteiger partial charge is 0.262 e. The number of amides is 1. The Bertz CT molecular complexity index is 1330. The third kappa shape index (κ3) is 7.80. The molecule has 3 aromatic carbocycles. The molecule has 11 heteroatoms. The molecule has 198 valence electrons. The van der Waals surface area contributed by atoms with Crippen LogP contribution in [0.5, 0.6) is 11.5 Å². The van der Waals surface area contributed by atoms with E-state index in [0.717, 1.165) is 44.4 Å². The molecule has 1 heterocycles. The molecule has 9 nitrogen and oxygen atoms in total. The summed E-state index contributed by atoms with van der Waals surface area (Å²) < 4.78 is 14.2. The zero-order valence-electron chi connectivity index (χ0n) is 21.2. The molecular weight excluding hydrogens is 568 g/mol. The number of carbonyl (C=O) groups is 1. The lowest BCUT2D eigenvalue weighted by Gasteiger charge is -2.15. The lowest BCUT2D eigenvalue weighted by atomic mass is 10.2. The summed E-state index contributed by atoms with van der Waals surface area (Å²) in [7, 11) is 0.